The number of nitrogens with zero attached hydrogens (tertiary/aromatic N) is 2. The minimum atomic E-state index is -0.593. The molecule has 0 aromatic carbocycles. The van der Waals surface area contributed by atoms with Gasteiger partial charge in [0.25, 0.3) is 0 Å². The van der Waals surface area contributed by atoms with Crippen LogP contribution in [0.2, 0.25) is 0 Å². The van der Waals surface area contributed by atoms with Crippen molar-refractivity contribution in [3.63, 3.8) is 0 Å². The van der Waals surface area contributed by atoms with E-state index in [0.29, 0.717) is 6.61 Å². The van der Waals surface area contributed by atoms with E-state index in [2.05, 4.69) is 4.74 Å². The molecule has 0 N–H and O–H groups in total. The van der Waals surface area contributed by atoms with Gasteiger partial charge >= 0.3 is 6.09 Å². The summed E-state index contributed by atoms with van der Waals surface area (Å²) < 4.78 is 4.61. The normalized spacial score (nSPS) is 8.10. The molecule has 56 valence electrons. The standard InChI is InChI=1S/C6H10N2O2/c1-3-4-10-6(9)8(2)5-7/h3-4H2,1-2H3. The van der Waals surface area contributed by atoms with Gasteiger partial charge in [0.05, 0.1) is 6.61 Å². The zero-order valence-electron chi connectivity index (χ0n) is 6.13. The predicted octanol–water partition coefficient (Wildman–Crippen LogP) is 0.946. The van der Waals surface area contributed by atoms with Crippen LogP contribution in [-0.2, 0) is 4.74 Å². The second-order valence-electron chi connectivity index (χ2n) is 1.77. The first-order valence-electron chi connectivity index (χ1n) is 3.02. The quantitative estimate of drug-likeness (QED) is 0.426. The fraction of sp³-hybridized carbons (Fsp3) is 0.667. The fourth-order valence-electron chi connectivity index (χ4n) is 0.327. The zero-order chi connectivity index (χ0) is 7.98. The lowest BCUT2D eigenvalue weighted by Crippen LogP contribution is -2.22. The summed E-state index contributed by atoms with van der Waals surface area (Å²) >= 11 is 0. The molecule has 0 heterocycles. The van der Waals surface area contributed by atoms with E-state index in [-0.39, 0.29) is 0 Å². The minimum Gasteiger partial charge on any atom is -0.449 e. The van der Waals surface area contributed by atoms with Gasteiger partial charge < -0.3 is 4.74 Å². The summed E-state index contributed by atoms with van der Waals surface area (Å²) in [6.45, 7) is 2.25. The molecular formula is C6H10N2O2. The maximum Gasteiger partial charge on any atom is 0.422 e. The van der Waals surface area contributed by atoms with Crippen molar-refractivity contribution >= 4 is 6.09 Å². The first-order chi connectivity index (χ1) is 4.72. The number of carbonyl (C=O) groups is 1. The molecule has 0 aliphatic heterocycles. The summed E-state index contributed by atoms with van der Waals surface area (Å²) in [6.07, 6.45) is 1.81. The summed E-state index contributed by atoms with van der Waals surface area (Å²) in [5.74, 6) is 0. The Balaban J connectivity index is 3.54. The van der Waals surface area contributed by atoms with Gasteiger partial charge in [0.2, 0.25) is 0 Å². The Labute approximate surface area is 60.0 Å². The number of ether oxygens (including phenoxy) is 1. The molecule has 0 bridgehead atoms. The van der Waals surface area contributed by atoms with E-state index >= 15 is 0 Å². The number of hydrogen-bond donors (Lipinski definition) is 0. The number of nitriles is 1. The average Bonchev–Trinajstić information content (AvgIpc) is 1.98. The van der Waals surface area contributed by atoms with Crippen molar-refractivity contribution in [3.8, 4) is 6.19 Å². The van der Waals surface area contributed by atoms with Gasteiger partial charge in [-0.2, -0.15) is 5.26 Å². The Bertz CT molecular complexity index is 150. The molecule has 4 nitrogen and oxygen atoms in total. The van der Waals surface area contributed by atoms with E-state index < -0.39 is 6.09 Å². The summed E-state index contributed by atoms with van der Waals surface area (Å²) in [7, 11) is 1.36. The van der Waals surface area contributed by atoms with Crippen molar-refractivity contribution in [2.45, 2.75) is 13.3 Å². The van der Waals surface area contributed by atoms with Crippen molar-refractivity contribution in [2.24, 2.45) is 0 Å². The van der Waals surface area contributed by atoms with Crippen molar-refractivity contribution in [3.05, 3.63) is 0 Å². The topological polar surface area (TPSA) is 53.3 Å². The van der Waals surface area contributed by atoms with Crippen LogP contribution in [0.4, 0.5) is 4.79 Å². The van der Waals surface area contributed by atoms with Gasteiger partial charge in [-0.1, -0.05) is 6.92 Å². The van der Waals surface area contributed by atoms with Crippen LogP contribution < -0.4 is 0 Å². The van der Waals surface area contributed by atoms with Crippen molar-refractivity contribution in [2.75, 3.05) is 13.7 Å². The van der Waals surface area contributed by atoms with Crippen LogP contribution in [0.3, 0.4) is 0 Å². The van der Waals surface area contributed by atoms with Gasteiger partial charge in [-0.25, -0.2) is 9.69 Å². The molecule has 0 aromatic rings. The molecular weight excluding hydrogens is 132 g/mol. The van der Waals surface area contributed by atoms with Crippen molar-refractivity contribution in [1.29, 1.82) is 5.26 Å². The number of hydrogen-bond acceptors (Lipinski definition) is 3. The molecule has 1 amide bonds. The molecule has 0 saturated carbocycles. The third-order valence-electron chi connectivity index (χ3n) is 0.854. The van der Waals surface area contributed by atoms with E-state index in [4.69, 9.17) is 5.26 Å². The largest absolute Gasteiger partial charge is 0.449 e. The third-order valence-corrected chi connectivity index (χ3v) is 0.854. The first-order valence-corrected chi connectivity index (χ1v) is 3.02. The molecule has 0 fully saturated rings. The number of amides is 1. The van der Waals surface area contributed by atoms with E-state index in [1.807, 2.05) is 6.92 Å². The first kappa shape index (κ1) is 8.76. The van der Waals surface area contributed by atoms with Gasteiger partial charge in [0, 0.05) is 7.05 Å². The Morgan fingerprint density at radius 2 is 2.40 bits per heavy atom. The number of rotatable bonds is 2. The van der Waals surface area contributed by atoms with Gasteiger partial charge in [-0.15, -0.1) is 0 Å². The van der Waals surface area contributed by atoms with Crippen LogP contribution in [0.1, 0.15) is 13.3 Å². The smallest absolute Gasteiger partial charge is 0.422 e. The summed E-state index contributed by atoms with van der Waals surface area (Å²) in [5.41, 5.74) is 0. The van der Waals surface area contributed by atoms with Crippen LogP contribution in [0.5, 0.6) is 0 Å². The average molecular weight is 142 g/mol. The molecule has 0 spiro atoms. The second-order valence-corrected chi connectivity index (χ2v) is 1.77. The highest BCUT2D eigenvalue weighted by atomic mass is 16.6. The molecule has 0 saturated heterocycles. The Kier molecular flexibility index (Phi) is 4.05. The molecule has 0 aliphatic rings. The molecule has 0 radical (unpaired) electrons. The molecule has 0 aliphatic carbocycles. The maximum absolute atomic E-state index is 10.6. The monoisotopic (exact) mass is 142 g/mol. The van der Waals surface area contributed by atoms with Crippen LogP contribution in [-0.4, -0.2) is 24.6 Å². The Morgan fingerprint density at radius 1 is 1.80 bits per heavy atom. The van der Waals surface area contributed by atoms with Crippen LogP contribution in [0, 0.1) is 11.5 Å². The summed E-state index contributed by atoms with van der Waals surface area (Å²) in [6, 6.07) is 0. The van der Waals surface area contributed by atoms with Gasteiger partial charge in [-0.05, 0) is 6.42 Å². The Morgan fingerprint density at radius 3 is 2.80 bits per heavy atom. The molecule has 0 aromatic heterocycles. The van der Waals surface area contributed by atoms with E-state index in [0.717, 1.165) is 11.3 Å². The predicted molar refractivity (Wildman–Crippen MR) is 35.0 cm³/mol. The van der Waals surface area contributed by atoms with Gasteiger partial charge in [0.1, 0.15) is 0 Å². The lowest BCUT2D eigenvalue weighted by atomic mass is 10.5. The van der Waals surface area contributed by atoms with Crippen LogP contribution in [0.15, 0.2) is 0 Å². The van der Waals surface area contributed by atoms with Crippen molar-refractivity contribution < 1.29 is 9.53 Å². The number of carbonyl (C=O) groups excluding carboxylic acids is 1. The summed E-state index contributed by atoms with van der Waals surface area (Å²) in [5, 5.41) is 8.18. The highest BCUT2D eigenvalue weighted by molar-refractivity contribution is 5.68. The van der Waals surface area contributed by atoms with E-state index in [1.54, 1.807) is 6.19 Å². The third kappa shape index (κ3) is 2.92. The van der Waals surface area contributed by atoms with E-state index in [1.165, 1.54) is 7.05 Å². The highest BCUT2D eigenvalue weighted by Gasteiger charge is 2.06. The molecule has 10 heavy (non-hydrogen) atoms. The Hall–Kier alpha value is -1.24. The van der Waals surface area contributed by atoms with E-state index in [9.17, 15) is 4.79 Å². The second kappa shape index (κ2) is 4.62. The molecule has 4 heteroatoms. The SMILES string of the molecule is CCCOC(=O)N(C)C#N. The zero-order valence-corrected chi connectivity index (χ0v) is 6.13. The van der Waals surface area contributed by atoms with Crippen LogP contribution >= 0.6 is 0 Å². The van der Waals surface area contributed by atoms with Gasteiger partial charge in [-0.3, -0.25) is 0 Å². The summed E-state index contributed by atoms with van der Waals surface area (Å²) in [4.78, 5) is 11.5. The molecule has 0 rings (SSSR count). The molecule has 0 unspecified atom stereocenters. The lowest BCUT2D eigenvalue weighted by molar-refractivity contribution is 0.125. The fourth-order valence-corrected chi connectivity index (χ4v) is 0.327. The maximum atomic E-state index is 10.6. The van der Waals surface area contributed by atoms with Crippen molar-refractivity contribution in [1.82, 2.24) is 4.90 Å². The highest BCUT2D eigenvalue weighted by Crippen LogP contribution is 1.88. The minimum absolute atomic E-state index is 0.366. The molecule has 0 atom stereocenters. The van der Waals surface area contributed by atoms with Gasteiger partial charge in [0.15, 0.2) is 6.19 Å². The van der Waals surface area contributed by atoms with Crippen LogP contribution in [0.25, 0.3) is 0 Å². The lowest BCUT2D eigenvalue weighted by Gasteiger charge is -2.06.